The largest absolute Gasteiger partial charge is 0.475 e. The lowest BCUT2D eigenvalue weighted by atomic mass is 9.33. The van der Waals surface area contributed by atoms with Gasteiger partial charge in [0, 0.05) is 31.7 Å². The molecular weight excluding hydrogens is 777 g/mol. The van der Waals surface area contributed by atoms with Gasteiger partial charge in [0.15, 0.2) is 9.84 Å². The molecule has 328 valence electrons. The summed E-state index contributed by atoms with van der Waals surface area (Å²) < 4.78 is 44.6. The number of carbonyl (C=O) groups is 1. The lowest BCUT2D eigenvalue weighted by molar-refractivity contribution is -0.221. The van der Waals surface area contributed by atoms with Crippen LogP contribution in [0.1, 0.15) is 131 Å². The third-order valence-corrected chi connectivity index (χ3v) is 21.0. The van der Waals surface area contributed by atoms with Crippen LogP contribution in [0.25, 0.3) is 0 Å². The lowest BCUT2D eigenvalue weighted by Gasteiger charge is -2.72. The van der Waals surface area contributed by atoms with Gasteiger partial charge in [0.25, 0.3) is 0 Å². The quantitative estimate of drug-likeness (QED) is 0.172. The van der Waals surface area contributed by atoms with E-state index in [0.717, 1.165) is 43.4 Å². The SMILES string of the molecule is C=C(C)[C@@H]1CC[C@]2(NCCN3CCS(=O)(=O)CC3)CC[C@]3(C)[C@H](CCC4[C@@]5(C)CC=C(C6=CCC(COc7nsnc7C)(C(=O)OCC)CC6)C(C)(C)C5CC[C@]43C)C12. The van der Waals surface area contributed by atoms with Crippen LogP contribution in [0.2, 0.25) is 0 Å². The van der Waals surface area contributed by atoms with Gasteiger partial charge in [-0.15, -0.1) is 4.37 Å². The average Bonchev–Trinajstić information content (AvgIpc) is 3.78. The Balaban J connectivity index is 1.01. The number of allylic oxidation sites excluding steroid dienone is 5. The van der Waals surface area contributed by atoms with Gasteiger partial charge >= 0.3 is 5.97 Å². The first kappa shape index (κ1) is 43.6. The number of esters is 1. The second kappa shape index (κ2) is 15.6. The Morgan fingerprint density at radius 3 is 2.37 bits per heavy atom. The molecule has 0 radical (unpaired) electrons. The highest BCUT2D eigenvalue weighted by molar-refractivity contribution is 7.91. The molecule has 59 heavy (non-hydrogen) atoms. The second-order valence-electron chi connectivity index (χ2n) is 21.7. The number of hydrogen-bond acceptors (Lipinski definition) is 10. The molecule has 9 nitrogen and oxygen atoms in total. The molecule has 2 heterocycles. The van der Waals surface area contributed by atoms with Gasteiger partial charge in [-0.25, -0.2) is 8.42 Å². The first-order valence-electron chi connectivity index (χ1n) is 23.2. The molecule has 11 heteroatoms. The van der Waals surface area contributed by atoms with Gasteiger partial charge in [0.2, 0.25) is 5.88 Å². The summed E-state index contributed by atoms with van der Waals surface area (Å²) in [5, 5.41) is 4.23. The molecule has 7 aliphatic rings. The predicted molar refractivity (Wildman–Crippen MR) is 237 cm³/mol. The molecule has 6 aliphatic carbocycles. The number of nitrogens with one attached hydrogen (secondary N) is 1. The number of sulfone groups is 1. The topological polar surface area (TPSA) is 111 Å². The Morgan fingerprint density at radius 1 is 0.949 bits per heavy atom. The Hall–Kier alpha value is -2.08. The van der Waals surface area contributed by atoms with Crippen LogP contribution in [0.3, 0.4) is 0 Å². The highest BCUT2D eigenvalue weighted by Gasteiger charge is 2.70. The molecule has 1 N–H and O–H groups in total. The van der Waals surface area contributed by atoms with E-state index in [4.69, 9.17) is 9.47 Å². The van der Waals surface area contributed by atoms with Crippen LogP contribution in [0, 0.1) is 63.6 Å². The van der Waals surface area contributed by atoms with Gasteiger partial charge in [0.1, 0.15) is 17.7 Å². The van der Waals surface area contributed by atoms with Gasteiger partial charge in [0.05, 0.1) is 29.8 Å². The van der Waals surface area contributed by atoms with Gasteiger partial charge < -0.3 is 19.7 Å². The van der Waals surface area contributed by atoms with Gasteiger partial charge in [-0.3, -0.25) is 4.79 Å². The van der Waals surface area contributed by atoms with E-state index in [9.17, 15) is 13.2 Å². The summed E-state index contributed by atoms with van der Waals surface area (Å²) in [6.07, 6.45) is 18.4. The molecule has 0 bridgehead atoms. The minimum atomic E-state index is -2.87. The fourth-order valence-electron chi connectivity index (χ4n) is 15.4. The number of aromatic nitrogens is 2. The van der Waals surface area contributed by atoms with Crippen LogP contribution in [0.4, 0.5) is 0 Å². The van der Waals surface area contributed by atoms with Crippen LogP contribution >= 0.6 is 11.7 Å². The Kier molecular flexibility index (Phi) is 11.5. The summed E-state index contributed by atoms with van der Waals surface area (Å²) in [4.78, 5) is 15.9. The van der Waals surface area contributed by atoms with Crippen LogP contribution in [-0.4, -0.2) is 84.5 Å². The Morgan fingerprint density at radius 2 is 1.71 bits per heavy atom. The molecule has 1 aliphatic heterocycles. The molecule has 1 aromatic heterocycles. The summed E-state index contributed by atoms with van der Waals surface area (Å²) in [7, 11) is -2.87. The molecule has 4 saturated carbocycles. The van der Waals surface area contributed by atoms with Crippen LogP contribution in [0.15, 0.2) is 35.5 Å². The molecule has 1 aromatic rings. The van der Waals surface area contributed by atoms with Crippen molar-refractivity contribution in [2.45, 2.75) is 138 Å². The molecule has 1 saturated heterocycles. The number of hydrogen-bond donors (Lipinski definition) is 1. The smallest absolute Gasteiger partial charge is 0.315 e. The highest BCUT2D eigenvalue weighted by atomic mass is 32.2. The third kappa shape index (κ3) is 7.14. The van der Waals surface area contributed by atoms with E-state index >= 15 is 0 Å². The van der Waals surface area contributed by atoms with Crippen molar-refractivity contribution in [3.05, 3.63) is 41.1 Å². The van der Waals surface area contributed by atoms with Gasteiger partial charge in [-0.2, -0.15) is 4.37 Å². The first-order chi connectivity index (χ1) is 27.8. The zero-order valence-electron chi connectivity index (χ0n) is 37.6. The summed E-state index contributed by atoms with van der Waals surface area (Å²) >= 11 is 1.14. The maximum atomic E-state index is 13.5. The van der Waals surface area contributed by atoms with Crippen molar-refractivity contribution in [1.82, 2.24) is 19.0 Å². The first-order valence-corrected chi connectivity index (χ1v) is 25.7. The number of aryl methyl sites for hydroxylation is 1. The molecule has 0 spiro atoms. The maximum absolute atomic E-state index is 13.5. The van der Waals surface area contributed by atoms with E-state index in [1.54, 1.807) is 0 Å². The van der Waals surface area contributed by atoms with E-state index in [2.05, 4.69) is 79.2 Å². The second-order valence-corrected chi connectivity index (χ2v) is 24.5. The number of rotatable bonds is 11. The zero-order valence-corrected chi connectivity index (χ0v) is 39.2. The van der Waals surface area contributed by atoms with Crippen molar-refractivity contribution in [1.29, 1.82) is 0 Å². The summed E-state index contributed by atoms with van der Waals surface area (Å²) in [5.74, 6) is 4.04. The molecule has 4 unspecified atom stereocenters. The van der Waals surface area contributed by atoms with E-state index in [-0.39, 0.29) is 39.8 Å². The third-order valence-electron chi connectivity index (χ3n) is 18.7. The van der Waals surface area contributed by atoms with Crippen LogP contribution in [-0.2, 0) is 19.4 Å². The van der Waals surface area contributed by atoms with E-state index in [0.29, 0.717) is 79.5 Å². The molecule has 8 rings (SSSR count). The number of ether oxygens (including phenoxy) is 2. The maximum Gasteiger partial charge on any atom is 0.315 e. The zero-order chi connectivity index (χ0) is 42.2. The van der Waals surface area contributed by atoms with Crippen molar-refractivity contribution in [3.8, 4) is 5.88 Å². The fourth-order valence-corrected chi connectivity index (χ4v) is 17.2. The van der Waals surface area contributed by atoms with Crippen molar-refractivity contribution >= 4 is 27.5 Å². The van der Waals surface area contributed by atoms with Crippen molar-refractivity contribution in [2.75, 3.05) is 50.9 Å². The average molecular weight is 851 g/mol. The monoisotopic (exact) mass is 851 g/mol. The molecule has 0 aromatic carbocycles. The Bertz CT molecular complexity index is 1960. The van der Waals surface area contributed by atoms with Crippen molar-refractivity contribution < 1.29 is 22.7 Å². The standard InChI is InChI=1S/C48H74N4O5S2/c1-10-56-42(53)47(31-57-41-33(4)50-58-51-41)20-13-34(14-21-47)36-16-18-44(7)38(43(36,5)6)17-19-46(9)39(44)12-11-37-40-35(32(2)3)15-22-48(40,24-23-45(37,46)8)49-25-26-52-27-29-59(54,55)30-28-52/h13,16,35,37-40,49H,2,10-12,14-15,17-31H2,1,3-9H3/t35-,37+,38?,39?,40?,44-,45+,46+,47?,48-/m0/s1. The summed E-state index contributed by atoms with van der Waals surface area (Å²) in [5.41, 5.74) is 5.27. The number of nitrogens with zero attached hydrogens (tertiary/aromatic N) is 3. The number of carbonyl (C=O) groups excluding carboxylic acids is 1. The lowest BCUT2D eigenvalue weighted by Crippen LogP contribution is -2.68. The van der Waals surface area contributed by atoms with Gasteiger partial charge in [-0.1, -0.05) is 58.9 Å². The molecule has 10 atom stereocenters. The molecule has 0 amide bonds. The van der Waals surface area contributed by atoms with Crippen LogP contribution < -0.4 is 10.1 Å². The summed E-state index contributed by atoms with van der Waals surface area (Å²) in [6, 6.07) is 0. The normalized spacial score (nSPS) is 41.3. The number of fused-ring (bicyclic) bond motifs is 7. The highest BCUT2D eigenvalue weighted by Crippen LogP contribution is 2.76. The minimum Gasteiger partial charge on any atom is -0.475 e. The Labute approximate surface area is 360 Å². The fraction of sp³-hybridized carbons (Fsp3) is 0.812. The summed E-state index contributed by atoms with van der Waals surface area (Å²) in [6.45, 7) is 27.7. The van der Waals surface area contributed by atoms with Crippen molar-refractivity contribution in [2.24, 2.45) is 56.7 Å². The minimum absolute atomic E-state index is 0.0302. The predicted octanol–water partition coefficient (Wildman–Crippen LogP) is 9.15. The van der Waals surface area contributed by atoms with E-state index in [1.165, 1.54) is 68.1 Å². The van der Waals surface area contributed by atoms with Crippen molar-refractivity contribution in [3.63, 3.8) is 0 Å². The molecule has 5 fully saturated rings. The van der Waals surface area contributed by atoms with Crippen LogP contribution in [0.5, 0.6) is 5.88 Å². The van der Waals surface area contributed by atoms with Gasteiger partial charge in [-0.05, 0) is 160 Å². The molecular formula is C48H74N4O5S2. The van der Waals surface area contributed by atoms with E-state index in [1.807, 2.05) is 13.8 Å². The van der Waals surface area contributed by atoms with E-state index < -0.39 is 15.3 Å².